The van der Waals surface area contributed by atoms with Crippen molar-refractivity contribution in [3.63, 3.8) is 0 Å². The third-order valence-electron chi connectivity index (χ3n) is 3.14. The van der Waals surface area contributed by atoms with Crippen molar-refractivity contribution in [1.29, 1.82) is 0 Å². The van der Waals surface area contributed by atoms with E-state index in [1.54, 1.807) is 12.1 Å². The van der Waals surface area contributed by atoms with Crippen molar-refractivity contribution >= 4 is 17.3 Å². The summed E-state index contributed by atoms with van der Waals surface area (Å²) in [5, 5.41) is 2.85. The van der Waals surface area contributed by atoms with Crippen LogP contribution >= 0.6 is 0 Å². The minimum Gasteiger partial charge on any atom is -0.397 e. The van der Waals surface area contributed by atoms with E-state index in [-0.39, 0.29) is 12.0 Å². The second-order valence-electron chi connectivity index (χ2n) is 4.91. The highest BCUT2D eigenvalue weighted by atomic mass is 16.5. The van der Waals surface area contributed by atoms with Crippen LogP contribution in [0.5, 0.6) is 0 Å². The Balaban J connectivity index is 1.88. The average molecular weight is 263 g/mol. The first-order valence-electron chi connectivity index (χ1n) is 6.63. The Morgan fingerprint density at radius 1 is 1.53 bits per heavy atom. The van der Waals surface area contributed by atoms with E-state index in [4.69, 9.17) is 10.5 Å². The van der Waals surface area contributed by atoms with Crippen LogP contribution in [-0.4, -0.2) is 43.2 Å². The van der Waals surface area contributed by atoms with Crippen LogP contribution in [0.25, 0.3) is 0 Å². The summed E-state index contributed by atoms with van der Waals surface area (Å²) >= 11 is 0. The molecule has 104 valence electrons. The summed E-state index contributed by atoms with van der Waals surface area (Å²) in [6.45, 7) is 4.86. The third-order valence-corrected chi connectivity index (χ3v) is 3.14. The molecule has 5 heteroatoms. The van der Waals surface area contributed by atoms with Crippen LogP contribution < -0.4 is 11.1 Å². The maximum absolute atomic E-state index is 12.0. The number of carbonyl (C=O) groups is 1. The maximum atomic E-state index is 12.0. The van der Waals surface area contributed by atoms with Gasteiger partial charge in [0.25, 0.3) is 0 Å². The summed E-state index contributed by atoms with van der Waals surface area (Å²) in [6, 6.07) is 7.28. The van der Waals surface area contributed by atoms with Gasteiger partial charge in [0, 0.05) is 19.7 Å². The van der Waals surface area contributed by atoms with Crippen molar-refractivity contribution in [3.8, 4) is 0 Å². The van der Waals surface area contributed by atoms with Crippen LogP contribution in [0, 0.1) is 0 Å². The molecule has 2 rings (SSSR count). The fraction of sp³-hybridized carbons (Fsp3) is 0.500. The van der Waals surface area contributed by atoms with Gasteiger partial charge in [0.05, 0.1) is 24.0 Å². The second-order valence-corrected chi connectivity index (χ2v) is 4.91. The molecule has 0 aromatic heterocycles. The average Bonchev–Trinajstić information content (AvgIpc) is 2.56. The van der Waals surface area contributed by atoms with Crippen LogP contribution in [0.2, 0.25) is 0 Å². The summed E-state index contributed by atoms with van der Waals surface area (Å²) in [5.74, 6) is -0.0352. The number of benzene rings is 1. The first kappa shape index (κ1) is 13.8. The van der Waals surface area contributed by atoms with Gasteiger partial charge in [-0.15, -0.1) is 0 Å². The summed E-state index contributed by atoms with van der Waals surface area (Å²) in [5.41, 5.74) is 7.06. The zero-order chi connectivity index (χ0) is 13.7. The highest BCUT2D eigenvalue weighted by Gasteiger charge is 2.17. The molecule has 0 saturated carbocycles. The predicted molar refractivity (Wildman–Crippen MR) is 76.0 cm³/mol. The van der Waals surface area contributed by atoms with E-state index < -0.39 is 0 Å². The van der Waals surface area contributed by atoms with E-state index in [9.17, 15) is 4.79 Å². The minimum absolute atomic E-state index is 0.0352. The van der Waals surface area contributed by atoms with Gasteiger partial charge in [0.2, 0.25) is 5.91 Å². The number of nitrogens with two attached hydrogens (primary N) is 1. The number of carbonyl (C=O) groups excluding carboxylic acids is 1. The number of hydrogen-bond acceptors (Lipinski definition) is 4. The van der Waals surface area contributed by atoms with E-state index in [0.29, 0.717) is 17.9 Å². The normalized spacial score (nSPS) is 20.8. The number of hydrogen-bond donors (Lipinski definition) is 2. The molecule has 0 aliphatic carbocycles. The number of rotatable bonds is 3. The van der Waals surface area contributed by atoms with Crippen molar-refractivity contribution in [2.45, 2.75) is 19.4 Å². The van der Waals surface area contributed by atoms with Crippen LogP contribution in [-0.2, 0) is 9.53 Å². The van der Waals surface area contributed by atoms with Gasteiger partial charge in [-0.2, -0.15) is 0 Å². The Morgan fingerprint density at radius 3 is 3.11 bits per heavy atom. The molecule has 1 saturated heterocycles. The van der Waals surface area contributed by atoms with E-state index >= 15 is 0 Å². The van der Waals surface area contributed by atoms with Gasteiger partial charge in [-0.3, -0.25) is 9.69 Å². The van der Waals surface area contributed by atoms with Crippen molar-refractivity contribution < 1.29 is 9.53 Å². The molecule has 1 fully saturated rings. The summed E-state index contributed by atoms with van der Waals surface area (Å²) in [6.07, 6.45) is 1.14. The first-order valence-corrected chi connectivity index (χ1v) is 6.63. The molecule has 5 nitrogen and oxygen atoms in total. The molecule has 1 aliphatic heterocycles. The van der Waals surface area contributed by atoms with Gasteiger partial charge >= 0.3 is 0 Å². The number of amides is 1. The number of ether oxygens (including phenoxy) is 1. The third kappa shape index (κ3) is 4.22. The molecule has 1 aliphatic rings. The monoisotopic (exact) mass is 263 g/mol. The second kappa shape index (κ2) is 6.54. The topological polar surface area (TPSA) is 67.6 Å². The van der Waals surface area contributed by atoms with Crippen LogP contribution in [0.1, 0.15) is 13.3 Å². The molecule has 19 heavy (non-hydrogen) atoms. The largest absolute Gasteiger partial charge is 0.397 e. The fourth-order valence-electron chi connectivity index (χ4n) is 2.23. The number of nitrogens with zero attached hydrogens (tertiary/aromatic N) is 1. The lowest BCUT2D eigenvalue weighted by atomic mass is 10.2. The smallest absolute Gasteiger partial charge is 0.238 e. The molecule has 1 amide bonds. The van der Waals surface area contributed by atoms with Crippen molar-refractivity contribution in [2.75, 3.05) is 37.3 Å². The lowest BCUT2D eigenvalue weighted by molar-refractivity contribution is -0.117. The Morgan fingerprint density at radius 2 is 2.32 bits per heavy atom. The van der Waals surface area contributed by atoms with Gasteiger partial charge in [-0.05, 0) is 25.5 Å². The van der Waals surface area contributed by atoms with Crippen LogP contribution in [0.4, 0.5) is 11.4 Å². The Kier molecular flexibility index (Phi) is 4.76. The van der Waals surface area contributed by atoms with Crippen LogP contribution in [0.15, 0.2) is 24.3 Å². The maximum Gasteiger partial charge on any atom is 0.238 e. The highest BCUT2D eigenvalue weighted by Crippen LogP contribution is 2.16. The van der Waals surface area contributed by atoms with Gasteiger partial charge in [-0.1, -0.05) is 12.1 Å². The molecule has 1 aromatic carbocycles. The molecule has 1 atom stereocenters. The predicted octanol–water partition coefficient (Wildman–Crippen LogP) is 1.32. The SMILES string of the molecule is CC1CN(CC(=O)Nc2ccccc2N)CCCO1. The number of anilines is 2. The number of nitrogen functional groups attached to an aromatic ring is 1. The van der Waals surface area contributed by atoms with E-state index in [1.807, 2.05) is 19.1 Å². The summed E-state index contributed by atoms with van der Waals surface area (Å²) in [4.78, 5) is 14.1. The Bertz CT molecular complexity index is 436. The van der Waals surface area contributed by atoms with Gasteiger partial charge in [0.1, 0.15) is 0 Å². The Hall–Kier alpha value is -1.59. The van der Waals surface area contributed by atoms with Crippen molar-refractivity contribution in [1.82, 2.24) is 4.90 Å². The molecule has 1 heterocycles. The molecule has 3 N–H and O–H groups in total. The molecule has 1 aromatic rings. The highest BCUT2D eigenvalue weighted by molar-refractivity contribution is 5.95. The quantitative estimate of drug-likeness (QED) is 0.807. The number of nitrogens with one attached hydrogen (secondary N) is 1. The van der Waals surface area contributed by atoms with E-state index in [1.165, 1.54) is 0 Å². The fourth-order valence-corrected chi connectivity index (χ4v) is 2.23. The Labute approximate surface area is 113 Å². The molecule has 0 radical (unpaired) electrons. The standard InChI is InChI=1S/C14H21N3O2/c1-11-9-17(7-4-8-19-11)10-14(18)16-13-6-3-2-5-12(13)15/h2-3,5-6,11H,4,7-10,15H2,1H3,(H,16,18). The molecule has 1 unspecified atom stereocenters. The summed E-state index contributed by atoms with van der Waals surface area (Å²) in [7, 11) is 0. The zero-order valence-electron chi connectivity index (χ0n) is 11.3. The van der Waals surface area contributed by atoms with Crippen molar-refractivity contribution in [2.24, 2.45) is 0 Å². The lowest BCUT2D eigenvalue weighted by Crippen LogP contribution is -2.37. The molecule has 0 spiro atoms. The first-order chi connectivity index (χ1) is 9.15. The van der Waals surface area contributed by atoms with Gasteiger partial charge < -0.3 is 15.8 Å². The zero-order valence-corrected chi connectivity index (χ0v) is 11.3. The molecule has 0 bridgehead atoms. The lowest BCUT2D eigenvalue weighted by Gasteiger charge is -2.21. The van der Waals surface area contributed by atoms with Gasteiger partial charge in [0.15, 0.2) is 0 Å². The van der Waals surface area contributed by atoms with Gasteiger partial charge in [-0.25, -0.2) is 0 Å². The summed E-state index contributed by atoms with van der Waals surface area (Å²) < 4.78 is 5.56. The molecular weight excluding hydrogens is 242 g/mol. The van der Waals surface area contributed by atoms with E-state index in [2.05, 4.69) is 10.2 Å². The van der Waals surface area contributed by atoms with E-state index in [0.717, 1.165) is 26.1 Å². The van der Waals surface area contributed by atoms with Crippen molar-refractivity contribution in [3.05, 3.63) is 24.3 Å². The van der Waals surface area contributed by atoms with Crippen LogP contribution in [0.3, 0.4) is 0 Å². The minimum atomic E-state index is -0.0352. The number of para-hydroxylation sites is 2. The molecular formula is C14H21N3O2.